The van der Waals surface area contributed by atoms with Crippen LogP contribution in [0.5, 0.6) is 0 Å². The molecule has 0 fully saturated rings. The highest BCUT2D eigenvalue weighted by molar-refractivity contribution is 4.80. The molecular formula is C9H18O2. The van der Waals surface area contributed by atoms with Crippen LogP contribution in [-0.2, 0) is 4.74 Å². The monoisotopic (exact) mass is 158 g/mol. The van der Waals surface area contributed by atoms with E-state index in [9.17, 15) is 0 Å². The van der Waals surface area contributed by atoms with E-state index in [0.717, 1.165) is 12.8 Å². The minimum Gasteiger partial charge on any atom is -0.481 e. The Labute approximate surface area is 68.9 Å². The first-order chi connectivity index (χ1) is 5.31. The largest absolute Gasteiger partial charge is 0.481 e. The number of hydrogen-bond donors (Lipinski definition) is 1. The van der Waals surface area contributed by atoms with Crippen LogP contribution in [0.2, 0.25) is 0 Å². The van der Waals surface area contributed by atoms with Crippen molar-refractivity contribution in [3.05, 3.63) is 12.0 Å². The number of unbranched alkanes of at least 4 members (excludes halogenated alkanes) is 4. The Morgan fingerprint density at radius 1 is 1.36 bits per heavy atom. The maximum Gasteiger partial charge on any atom is 0.272 e. The fraction of sp³-hybridized carbons (Fsp3) is 0.778. The van der Waals surface area contributed by atoms with Crippen LogP contribution in [0.1, 0.15) is 39.0 Å². The molecule has 0 amide bonds. The van der Waals surface area contributed by atoms with Crippen molar-refractivity contribution >= 4 is 0 Å². The lowest BCUT2D eigenvalue weighted by atomic mass is 10.1. The van der Waals surface area contributed by atoms with Gasteiger partial charge in [0.25, 0.3) is 5.95 Å². The van der Waals surface area contributed by atoms with E-state index in [4.69, 9.17) is 5.11 Å². The molecule has 0 aliphatic heterocycles. The maximum absolute atomic E-state index is 8.85. The molecule has 0 aliphatic rings. The molecule has 0 saturated carbocycles. The summed E-state index contributed by atoms with van der Waals surface area (Å²) < 4.78 is 4.57. The normalized spacial score (nSPS) is 11.6. The zero-order valence-electron chi connectivity index (χ0n) is 7.47. The summed E-state index contributed by atoms with van der Waals surface area (Å²) in [5, 5.41) is 8.85. The molecule has 1 N–H and O–H groups in total. The second kappa shape index (κ2) is 7.45. The van der Waals surface area contributed by atoms with Crippen LogP contribution in [-0.4, -0.2) is 12.2 Å². The third-order valence-electron chi connectivity index (χ3n) is 1.59. The Morgan fingerprint density at radius 3 is 2.64 bits per heavy atom. The number of aliphatic hydroxyl groups excluding tert-OH is 1. The molecule has 0 unspecified atom stereocenters. The van der Waals surface area contributed by atoms with Crippen LogP contribution in [0.4, 0.5) is 0 Å². The van der Waals surface area contributed by atoms with Crippen LogP contribution in [0.3, 0.4) is 0 Å². The van der Waals surface area contributed by atoms with Crippen molar-refractivity contribution in [1.29, 1.82) is 0 Å². The zero-order chi connectivity index (χ0) is 8.53. The van der Waals surface area contributed by atoms with E-state index in [-0.39, 0.29) is 5.95 Å². The Bertz CT molecular complexity index is 108. The fourth-order valence-electron chi connectivity index (χ4n) is 0.880. The standard InChI is InChI=1S/C9H18O2/c1-3-4-5-6-7-8-9(10)11-2/h8,10H,3-7H2,1-2H3. The molecule has 0 heterocycles. The van der Waals surface area contributed by atoms with Crippen LogP contribution in [0, 0.1) is 0 Å². The third-order valence-corrected chi connectivity index (χ3v) is 1.59. The molecule has 0 atom stereocenters. The summed E-state index contributed by atoms with van der Waals surface area (Å²) in [6.07, 6.45) is 7.54. The maximum atomic E-state index is 8.85. The molecule has 66 valence electrons. The van der Waals surface area contributed by atoms with Gasteiger partial charge in [-0.05, 0) is 18.9 Å². The molecule has 0 spiro atoms. The number of hydrogen-bond acceptors (Lipinski definition) is 2. The summed E-state index contributed by atoms with van der Waals surface area (Å²) >= 11 is 0. The third kappa shape index (κ3) is 7.23. The van der Waals surface area contributed by atoms with Gasteiger partial charge in [0, 0.05) is 0 Å². The topological polar surface area (TPSA) is 29.5 Å². The quantitative estimate of drug-likeness (QED) is 0.475. The van der Waals surface area contributed by atoms with Gasteiger partial charge in [-0.25, -0.2) is 0 Å². The van der Waals surface area contributed by atoms with Crippen molar-refractivity contribution in [1.82, 2.24) is 0 Å². The smallest absolute Gasteiger partial charge is 0.272 e. The number of ether oxygens (including phenoxy) is 1. The molecule has 0 rings (SSSR count). The van der Waals surface area contributed by atoms with Gasteiger partial charge < -0.3 is 9.84 Å². The van der Waals surface area contributed by atoms with E-state index in [0.29, 0.717) is 0 Å². The van der Waals surface area contributed by atoms with Gasteiger partial charge in [0.1, 0.15) is 0 Å². The van der Waals surface area contributed by atoms with Gasteiger partial charge in [-0.15, -0.1) is 0 Å². The van der Waals surface area contributed by atoms with Crippen molar-refractivity contribution in [2.75, 3.05) is 7.11 Å². The van der Waals surface area contributed by atoms with Crippen LogP contribution < -0.4 is 0 Å². The van der Waals surface area contributed by atoms with Gasteiger partial charge in [-0.2, -0.15) is 0 Å². The van der Waals surface area contributed by atoms with Crippen molar-refractivity contribution in [3.8, 4) is 0 Å². The summed E-state index contributed by atoms with van der Waals surface area (Å²) in [5.41, 5.74) is 0. The van der Waals surface area contributed by atoms with E-state index in [1.165, 1.54) is 26.4 Å². The van der Waals surface area contributed by atoms with Gasteiger partial charge >= 0.3 is 0 Å². The number of rotatable bonds is 6. The summed E-state index contributed by atoms with van der Waals surface area (Å²) in [6.45, 7) is 2.18. The molecule has 0 aromatic rings. The lowest BCUT2D eigenvalue weighted by molar-refractivity contribution is 0.134. The average Bonchev–Trinajstić information content (AvgIpc) is 2.04. The fourth-order valence-corrected chi connectivity index (χ4v) is 0.880. The van der Waals surface area contributed by atoms with E-state index in [1.807, 2.05) is 0 Å². The lowest BCUT2D eigenvalue weighted by Gasteiger charge is -1.96. The molecule has 2 heteroatoms. The van der Waals surface area contributed by atoms with Crippen molar-refractivity contribution < 1.29 is 9.84 Å². The molecule has 0 aromatic heterocycles. The molecule has 0 radical (unpaired) electrons. The first-order valence-corrected chi connectivity index (χ1v) is 4.24. The number of methoxy groups -OCH3 is 1. The summed E-state index contributed by atoms with van der Waals surface area (Å²) in [5.74, 6) is 0.0431. The zero-order valence-corrected chi connectivity index (χ0v) is 7.47. The number of allylic oxidation sites excluding steroid dienone is 1. The molecule has 0 bridgehead atoms. The van der Waals surface area contributed by atoms with E-state index < -0.39 is 0 Å². The Morgan fingerprint density at radius 2 is 2.09 bits per heavy atom. The van der Waals surface area contributed by atoms with E-state index in [1.54, 1.807) is 6.08 Å². The van der Waals surface area contributed by atoms with E-state index >= 15 is 0 Å². The predicted molar refractivity (Wildman–Crippen MR) is 46.5 cm³/mol. The predicted octanol–water partition coefficient (Wildman–Crippen LogP) is 3.00. The minimum absolute atomic E-state index is 0.0431. The van der Waals surface area contributed by atoms with Crippen LogP contribution in [0.15, 0.2) is 12.0 Å². The SMILES string of the molecule is CCCCCCC=C(O)OC. The summed E-state index contributed by atoms with van der Waals surface area (Å²) in [7, 11) is 1.47. The highest BCUT2D eigenvalue weighted by Gasteiger charge is 1.88. The van der Waals surface area contributed by atoms with Crippen LogP contribution >= 0.6 is 0 Å². The second-order valence-electron chi connectivity index (χ2n) is 2.60. The Balaban J connectivity index is 3.12. The molecule has 11 heavy (non-hydrogen) atoms. The average molecular weight is 158 g/mol. The first kappa shape index (κ1) is 10.3. The van der Waals surface area contributed by atoms with Gasteiger partial charge in [-0.1, -0.05) is 26.2 Å². The van der Waals surface area contributed by atoms with E-state index in [2.05, 4.69) is 11.7 Å². The van der Waals surface area contributed by atoms with Crippen molar-refractivity contribution in [3.63, 3.8) is 0 Å². The minimum atomic E-state index is 0.0431. The van der Waals surface area contributed by atoms with Gasteiger partial charge in [0.15, 0.2) is 0 Å². The van der Waals surface area contributed by atoms with Crippen LogP contribution in [0.25, 0.3) is 0 Å². The Kier molecular flexibility index (Phi) is 7.00. The number of aliphatic hydroxyl groups is 1. The van der Waals surface area contributed by atoms with Gasteiger partial charge in [0.05, 0.1) is 7.11 Å². The highest BCUT2D eigenvalue weighted by atomic mass is 16.6. The lowest BCUT2D eigenvalue weighted by Crippen LogP contribution is -1.83. The first-order valence-electron chi connectivity index (χ1n) is 4.24. The second-order valence-corrected chi connectivity index (χ2v) is 2.60. The molecular weight excluding hydrogens is 140 g/mol. The van der Waals surface area contributed by atoms with Crippen molar-refractivity contribution in [2.24, 2.45) is 0 Å². The summed E-state index contributed by atoms with van der Waals surface area (Å²) in [6, 6.07) is 0. The molecule has 0 aromatic carbocycles. The molecule has 2 nitrogen and oxygen atoms in total. The molecule has 0 aliphatic carbocycles. The summed E-state index contributed by atoms with van der Waals surface area (Å²) in [4.78, 5) is 0. The van der Waals surface area contributed by atoms with Gasteiger partial charge in [-0.3, -0.25) is 0 Å². The Hall–Kier alpha value is -0.660. The molecule has 0 saturated heterocycles. The van der Waals surface area contributed by atoms with Crippen molar-refractivity contribution in [2.45, 2.75) is 39.0 Å². The van der Waals surface area contributed by atoms with Gasteiger partial charge in [0.2, 0.25) is 0 Å². The highest BCUT2D eigenvalue weighted by Crippen LogP contribution is 2.04.